The van der Waals surface area contributed by atoms with Crippen LogP contribution in [0.15, 0.2) is 103 Å². The standard InChI is InChI=1S/C24H13BOS2/c1-3-8-17-14(6-1)22-18(26-17)13-12-16-24(22)28-21-11-5-10-20-23(21)25(16)15-7-2-4-9-19(15)27-20/h1-13H. The minimum Gasteiger partial charge on any atom is -0.456 e. The molecule has 0 atom stereocenters. The number of para-hydroxylation sites is 1. The van der Waals surface area contributed by atoms with Crippen molar-refractivity contribution in [3.63, 3.8) is 0 Å². The Bertz CT molecular complexity index is 1440. The van der Waals surface area contributed by atoms with Crippen LogP contribution in [0.2, 0.25) is 0 Å². The van der Waals surface area contributed by atoms with Crippen LogP contribution in [-0.2, 0) is 0 Å². The van der Waals surface area contributed by atoms with Crippen LogP contribution in [0.1, 0.15) is 0 Å². The van der Waals surface area contributed by atoms with E-state index in [1.807, 2.05) is 29.6 Å². The first-order valence-electron chi connectivity index (χ1n) is 9.40. The van der Waals surface area contributed by atoms with Crippen LogP contribution in [0.5, 0.6) is 0 Å². The molecule has 4 heteroatoms. The summed E-state index contributed by atoms with van der Waals surface area (Å²) in [5.74, 6) is 0. The third kappa shape index (κ3) is 1.92. The molecular formula is C24H13BOS2. The highest BCUT2D eigenvalue weighted by Gasteiger charge is 2.38. The summed E-state index contributed by atoms with van der Waals surface area (Å²) < 4.78 is 6.17. The van der Waals surface area contributed by atoms with Gasteiger partial charge in [0.15, 0.2) is 0 Å². The third-order valence-corrected chi connectivity index (χ3v) is 8.20. The van der Waals surface area contributed by atoms with Gasteiger partial charge in [-0.1, -0.05) is 83.0 Å². The minimum absolute atomic E-state index is 0.290. The molecule has 0 saturated carbocycles. The Morgan fingerprint density at radius 3 is 2.36 bits per heavy atom. The highest BCUT2D eigenvalue weighted by molar-refractivity contribution is 8.01. The first kappa shape index (κ1) is 15.4. The summed E-state index contributed by atoms with van der Waals surface area (Å²) in [4.78, 5) is 5.47. The van der Waals surface area contributed by atoms with Crippen molar-refractivity contribution in [1.29, 1.82) is 0 Å². The van der Waals surface area contributed by atoms with Gasteiger partial charge in [-0.25, -0.2) is 0 Å². The van der Waals surface area contributed by atoms with Crippen molar-refractivity contribution in [2.45, 2.75) is 19.6 Å². The molecule has 0 amide bonds. The topological polar surface area (TPSA) is 13.1 Å². The summed E-state index contributed by atoms with van der Waals surface area (Å²) in [5, 5.41) is 2.46. The number of hydrogen-bond acceptors (Lipinski definition) is 3. The summed E-state index contributed by atoms with van der Waals surface area (Å²) in [6, 6.07) is 28.4. The second-order valence-corrected chi connectivity index (χ2v) is 9.43. The van der Waals surface area contributed by atoms with E-state index in [1.165, 1.54) is 46.7 Å². The zero-order valence-electron chi connectivity index (χ0n) is 14.8. The van der Waals surface area contributed by atoms with Gasteiger partial charge in [-0.05, 0) is 35.8 Å². The Balaban J connectivity index is 1.62. The van der Waals surface area contributed by atoms with Crippen molar-refractivity contribution < 1.29 is 4.42 Å². The van der Waals surface area contributed by atoms with Crippen molar-refractivity contribution >= 4 is 68.6 Å². The second kappa shape index (κ2) is 5.50. The molecule has 0 bridgehead atoms. The maximum absolute atomic E-state index is 6.17. The predicted octanol–water partition coefficient (Wildman–Crippen LogP) is 5.03. The second-order valence-electron chi connectivity index (χ2n) is 7.30. The molecule has 28 heavy (non-hydrogen) atoms. The Morgan fingerprint density at radius 2 is 1.39 bits per heavy atom. The molecule has 4 aromatic carbocycles. The molecule has 130 valence electrons. The maximum Gasteiger partial charge on any atom is 0.247 e. The number of hydrogen-bond donors (Lipinski definition) is 0. The minimum atomic E-state index is 0.290. The van der Waals surface area contributed by atoms with Crippen LogP contribution in [-0.4, -0.2) is 6.71 Å². The fraction of sp³-hybridized carbons (Fsp3) is 0. The van der Waals surface area contributed by atoms with E-state index in [-0.39, 0.29) is 6.71 Å². The lowest BCUT2D eigenvalue weighted by molar-refractivity contribution is 0.668. The van der Waals surface area contributed by atoms with Crippen molar-refractivity contribution in [2.75, 3.05) is 0 Å². The SMILES string of the molecule is c1ccc2c(c1)Sc1cccc3c1B2c1ccc2oc4ccccc4c2c1S3. The summed E-state index contributed by atoms with van der Waals surface area (Å²) in [6.45, 7) is 0.290. The summed E-state index contributed by atoms with van der Waals surface area (Å²) in [7, 11) is 0. The van der Waals surface area contributed by atoms with Crippen molar-refractivity contribution in [3.05, 3.63) is 78.9 Å². The Morgan fingerprint density at radius 1 is 0.607 bits per heavy atom. The number of furan rings is 1. The summed E-state index contributed by atoms with van der Waals surface area (Å²) in [5.41, 5.74) is 6.23. The smallest absolute Gasteiger partial charge is 0.247 e. The lowest BCUT2D eigenvalue weighted by Gasteiger charge is -2.32. The molecular weight excluding hydrogens is 379 g/mol. The molecule has 2 aliphatic rings. The highest BCUT2D eigenvalue weighted by Crippen LogP contribution is 2.42. The first-order valence-corrected chi connectivity index (χ1v) is 11.0. The molecule has 3 heterocycles. The van der Waals surface area contributed by atoms with Crippen molar-refractivity contribution in [1.82, 2.24) is 0 Å². The Kier molecular flexibility index (Phi) is 3.02. The lowest BCUT2D eigenvalue weighted by atomic mass is 9.36. The summed E-state index contributed by atoms with van der Waals surface area (Å²) in [6.07, 6.45) is 0. The summed E-state index contributed by atoms with van der Waals surface area (Å²) >= 11 is 3.80. The molecule has 1 aromatic heterocycles. The molecule has 0 N–H and O–H groups in total. The largest absolute Gasteiger partial charge is 0.456 e. The van der Waals surface area contributed by atoms with Crippen LogP contribution in [0.4, 0.5) is 0 Å². The monoisotopic (exact) mass is 392 g/mol. The molecule has 1 nitrogen and oxygen atoms in total. The van der Waals surface area contributed by atoms with Gasteiger partial charge >= 0.3 is 0 Å². The average molecular weight is 392 g/mol. The van der Waals surface area contributed by atoms with Crippen LogP contribution in [0.3, 0.4) is 0 Å². The molecule has 5 aromatic rings. The normalized spacial score (nSPS) is 14.1. The quantitative estimate of drug-likeness (QED) is 0.336. The highest BCUT2D eigenvalue weighted by atomic mass is 32.2. The van der Waals surface area contributed by atoms with E-state index in [0.717, 1.165) is 11.2 Å². The Hall–Kier alpha value is -2.56. The van der Waals surface area contributed by atoms with Gasteiger partial charge in [0.2, 0.25) is 6.71 Å². The fourth-order valence-electron chi connectivity index (χ4n) is 4.64. The first-order chi connectivity index (χ1) is 13.9. The fourth-order valence-corrected chi connectivity index (χ4v) is 7.20. The predicted molar refractivity (Wildman–Crippen MR) is 120 cm³/mol. The van der Waals surface area contributed by atoms with E-state index in [4.69, 9.17) is 4.42 Å². The maximum atomic E-state index is 6.17. The average Bonchev–Trinajstić information content (AvgIpc) is 3.12. The van der Waals surface area contributed by atoms with Gasteiger partial charge in [-0.2, -0.15) is 0 Å². The molecule has 0 radical (unpaired) electrons. The zero-order valence-corrected chi connectivity index (χ0v) is 16.4. The van der Waals surface area contributed by atoms with Crippen LogP contribution >= 0.6 is 23.5 Å². The molecule has 0 saturated heterocycles. The van der Waals surface area contributed by atoms with Crippen molar-refractivity contribution in [3.8, 4) is 0 Å². The van der Waals surface area contributed by atoms with E-state index < -0.39 is 0 Å². The van der Waals surface area contributed by atoms with Crippen molar-refractivity contribution in [2.24, 2.45) is 0 Å². The van der Waals surface area contributed by atoms with Crippen LogP contribution < -0.4 is 16.4 Å². The van der Waals surface area contributed by atoms with E-state index in [9.17, 15) is 0 Å². The molecule has 2 aliphatic heterocycles. The van der Waals surface area contributed by atoms with Gasteiger partial charge in [-0.3, -0.25) is 0 Å². The van der Waals surface area contributed by atoms with E-state index in [2.05, 4.69) is 72.8 Å². The molecule has 0 unspecified atom stereocenters. The molecule has 0 fully saturated rings. The van der Waals surface area contributed by atoms with Gasteiger partial charge < -0.3 is 4.42 Å². The number of rotatable bonds is 0. The molecule has 0 aliphatic carbocycles. The number of benzene rings is 4. The van der Waals surface area contributed by atoms with Crippen LogP contribution in [0, 0.1) is 0 Å². The lowest BCUT2D eigenvalue weighted by Crippen LogP contribution is -2.57. The van der Waals surface area contributed by atoms with Gasteiger partial charge in [0.05, 0.1) is 0 Å². The third-order valence-electron chi connectivity index (χ3n) is 5.81. The van der Waals surface area contributed by atoms with Gasteiger partial charge in [0.1, 0.15) is 11.2 Å². The molecule has 0 spiro atoms. The van der Waals surface area contributed by atoms with E-state index in [0.29, 0.717) is 0 Å². The van der Waals surface area contributed by atoms with Gasteiger partial charge in [0.25, 0.3) is 0 Å². The number of fused-ring (bicyclic) bond motifs is 8. The van der Waals surface area contributed by atoms with E-state index in [1.54, 1.807) is 0 Å². The van der Waals surface area contributed by atoms with E-state index >= 15 is 0 Å². The zero-order chi connectivity index (χ0) is 18.2. The van der Waals surface area contributed by atoms with Crippen LogP contribution in [0.25, 0.3) is 21.9 Å². The van der Waals surface area contributed by atoms with Gasteiger partial charge in [-0.15, -0.1) is 0 Å². The van der Waals surface area contributed by atoms with Gasteiger partial charge in [0, 0.05) is 30.4 Å². The molecule has 7 rings (SSSR count). The Labute approximate surface area is 171 Å².